The Morgan fingerprint density at radius 1 is 1.32 bits per heavy atom. The fourth-order valence-corrected chi connectivity index (χ4v) is 2.23. The fourth-order valence-electron chi connectivity index (χ4n) is 2.23. The van der Waals surface area contributed by atoms with Crippen LogP contribution in [-0.2, 0) is 13.5 Å². The van der Waals surface area contributed by atoms with Crippen molar-refractivity contribution in [2.75, 3.05) is 6.54 Å². The molecule has 0 aliphatic carbocycles. The van der Waals surface area contributed by atoms with Crippen LogP contribution in [0.4, 0.5) is 0 Å². The van der Waals surface area contributed by atoms with Gasteiger partial charge in [0.2, 0.25) is 0 Å². The number of hydrogen-bond donors (Lipinski definition) is 2. The van der Waals surface area contributed by atoms with Crippen molar-refractivity contribution >= 4 is 0 Å². The first-order valence-electron chi connectivity index (χ1n) is 6.70. The molecule has 1 unspecified atom stereocenters. The second kappa shape index (κ2) is 6.38. The highest BCUT2D eigenvalue weighted by Crippen LogP contribution is 2.25. The Morgan fingerprint density at radius 3 is 2.74 bits per heavy atom. The van der Waals surface area contributed by atoms with Crippen molar-refractivity contribution in [3.8, 4) is 5.75 Å². The molecule has 2 N–H and O–H groups in total. The summed E-state index contributed by atoms with van der Waals surface area (Å²) < 4.78 is 1.82. The number of aromatic nitrogens is 2. The number of benzene rings is 1. The molecule has 4 nitrogen and oxygen atoms in total. The third kappa shape index (κ3) is 3.58. The third-order valence-electron chi connectivity index (χ3n) is 3.26. The maximum atomic E-state index is 9.88. The van der Waals surface area contributed by atoms with Gasteiger partial charge in [0.05, 0.1) is 5.69 Å². The molecule has 0 aliphatic heterocycles. The first-order chi connectivity index (χ1) is 9.20. The minimum atomic E-state index is 0.185. The zero-order valence-corrected chi connectivity index (χ0v) is 11.5. The first-order valence-corrected chi connectivity index (χ1v) is 6.70. The lowest BCUT2D eigenvalue weighted by Crippen LogP contribution is -2.23. The molecule has 0 aliphatic rings. The Hall–Kier alpha value is -1.81. The van der Waals surface area contributed by atoms with Crippen molar-refractivity contribution < 1.29 is 5.11 Å². The quantitative estimate of drug-likeness (QED) is 0.837. The molecule has 19 heavy (non-hydrogen) atoms. The maximum absolute atomic E-state index is 9.88. The smallest absolute Gasteiger partial charge is 0.120 e. The third-order valence-corrected chi connectivity index (χ3v) is 3.26. The zero-order valence-electron chi connectivity index (χ0n) is 11.5. The Morgan fingerprint density at radius 2 is 2.11 bits per heavy atom. The van der Waals surface area contributed by atoms with E-state index in [2.05, 4.69) is 17.3 Å². The predicted octanol–water partition coefficient (Wildman–Crippen LogP) is 2.41. The van der Waals surface area contributed by atoms with Crippen molar-refractivity contribution in [3.63, 3.8) is 0 Å². The van der Waals surface area contributed by atoms with Crippen LogP contribution >= 0.6 is 0 Å². The molecule has 2 aromatic rings. The van der Waals surface area contributed by atoms with Crippen molar-refractivity contribution in [1.29, 1.82) is 0 Å². The molecule has 0 fully saturated rings. The van der Waals surface area contributed by atoms with Gasteiger partial charge in [-0.1, -0.05) is 25.1 Å². The highest BCUT2D eigenvalue weighted by atomic mass is 16.3. The summed E-state index contributed by atoms with van der Waals surface area (Å²) in [6.07, 6.45) is 3.79. The Balaban J connectivity index is 1.91. The number of nitrogens with one attached hydrogen (secondary N) is 1. The highest BCUT2D eigenvalue weighted by molar-refractivity contribution is 5.34. The van der Waals surface area contributed by atoms with E-state index in [0.717, 1.165) is 30.6 Å². The second-order valence-electron chi connectivity index (χ2n) is 4.70. The lowest BCUT2D eigenvalue weighted by molar-refractivity contribution is 0.442. The Kier molecular flexibility index (Phi) is 4.58. The monoisotopic (exact) mass is 259 g/mol. The lowest BCUT2D eigenvalue weighted by atomic mass is 10.0. The SMILES string of the molecule is CCC(NCCc1ccn(C)n1)c1ccccc1O. The van der Waals surface area contributed by atoms with Crippen LogP contribution in [0, 0.1) is 0 Å². The number of phenolic OH excluding ortho intramolecular Hbond substituents is 1. The molecule has 0 saturated carbocycles. The molecule has 0 spiro atoms. The van der Waals surface area contributed by atoms with Crippen LogP contribution in [0.2, 0.25) is 0 Å². The van der Waals surface area contributed by atoms with Crippen molar-refractivity contribution in [1.82, 2.24) is 15.1 Å². The van der Waals surface area contributed by atoms with Gasteiger partial charge in [0, 0.05) is 37.8 Å². The number of hydrogen-bond acceptors (Lipinski definition) is 3. The Labute approximate surface area is 114 Å². The van der Waals surface area contributed by atoms with Gasteiger partial charge >= 0.3 is 0 Å². The van der Waals surface area contributed by atoms with Crippen LogP contribution in [0.1, 0.15) is 30.6 Å². The van der Waals surface area contributed by atoms with Crippen molar-refractivity contribution in [2.45, 2.75) is 25.8 Å². The van der Waals surface area contributed by atoms with Gasteiger partial charge in [-0.2, -0.15) is 5.10 Å². The van der Waals surface area contributed by atoms with E-state index in [4.69, 9.17) is 0 Å². The van der Waals surface area contributed by atoms with Gasteiger partial charge in [0.1, 0.15) is 5.75 Å². The summed E-state index contributed by atoms with van der Waals surface area (Å²) in [6, 6.07) is 9.72. The molecule has 0 saturated heterocycles. The van der Waals surface area contributed by atoms with Gasteiger partial charge in [-0.3, -0.25) is 4.68 Å². The molecule has 1 heterocycles. The van der Waals surface area contributed by atoms with Gasteiger partial charge in [-0.05, 0) is 18.6 Å². The molecule has 1 aromatic heterocycles. The van der Waals surface area contributed by atoms with E-state index >= 15 is 0 Å². The zero-order chi connectivity index (χ0) is 13.7. The minimum absolute atomic E-state index is 0.185. The average Bonchev–Trinajstić information content (AvgIpc) is 2.82. The first kappa shape index (κ1) is 13.6. The molecule has 2 rings (SSSR count). The van der Waals surface area contributed by atoms with Crippen LogP contribution in [0.5, 0.6) is 5.75 Å². The van der Waals surface area contributed by atoms with E-state index in [-0.39, 0.29) is 6.04 Å². The van der Waals surface area contributed by atoms with Crippen LogP contribution in [0.3, 0.4) is 0 Å². The van der Waals surface area contributed by atoms with Crippen molar-refractivity contribution in [2.24, 2.45) is 7.05 Å². The Bertz CT molecular complexity index is 522. The number of phenols is 1. The summed E-state index contributed by atoms with van der Waals surface area (Å²) in [4.78, 5) is 0. The number of nitrogens with zero attached hydrogens (tertiary/aromatic N) is 2. The molecular formula is C15H21N3O. The average molecular weight is 259 g/mol. The molecular weight excluding hydrogens is 238 g/mol. The lowest BCUT2D eigenvalue weighted by Gasteiger charge is -2.18. The molecule has 0 bridgehead atoms. The van der Waals surface area contributed by atoms with E-state index in [1.165, 1.54) is 0 Å². The number of rotatable bonds is 6. The molecule has 102 valence electrons. The summed E-state index contributed by atoms with van der Waals surface area (Å²) >= 11 is 0. The normalized spacial score (nSPS) is 12.5. The van der Waals surface area contributed by atoms with E-state index in [1.807, 2.05) is 42.2 Å². The van der Waals surface area contributed by atoms with Gasteiger partial charge in [-0.25, -0.2) is 0 Å². The van der Waals surface area contributed by atoms with Crippen LogP contribution in [-0.4, -0.2) is 21.4 Å². The number of para-hydroxylation sites is 1. The van der Waals surface area contributed by atoms with E-state index in [1.54, 1.807) is 6.07 Å². The molecule has 1 aromatic carbocycles. The summed E-state index contributed by atoms with van der Waals surface area (Å²) in [5, 5.41) is 17.7. The topological polar surface area (TPSA) is 50.1 Å². The van der Waals surface area contributed by atoms with Crippen LogP contribution < -0.4 is 5.32 Å². The van der Waals surface area contributed by atoms with Crippen LogP contribution in [0.25, 0.3) is 0 Å². The van der Waals surface area contributed by atoms with Gasteiger partial charge in [0.15, 0.2) is 0 Å². The highest BCUT2D eigenvalue weighted by Gasteiger charge is 2.12. The summed E-state index contributed by atoms with van der Waals surface area (Å²) in [5.41, 5.74) is 2.05. The molecule has 0 radical (unpaired) electrons. The summed E-state index contributed by atoms with van der Waals surface area (Å²) in [7, 11) is 1.92. The van der Waals surface area contributed by atoms with Crippen LogP contribution in [0.15, 0.2) is 36.5 Å². The van der Waals surface area contributed by atoms with Gasteiger partial charge in [0.25, 0.3) is 0 Å². The van der Waals surface area contributed by atoms with E-state index in [9.17, 15) is 5.11 Å². The largest absolute Gasteiger partial charge is 0.508 e. The van der Waals surface area contributed by atoms with Gasteiger partial charge in [-0.15, -0.1) is 0 Å². The fraction of sp³-hybridized carbons (Fsp3) is 0.400. The second-order valence-corrected chi connectivity index (χ2v) is 4.70. The van der Waals surface area contributed by atoms with Gasteiger partial charge < -0.3 is 10.4 Å². The van der Waals surface area contributed by atoms with E-state index < -0.39 is 0 Å². The molecule has 0 amide bonds. The number of aromatic hydroxyl groups is 1. The summed E-state index contributed by atoms with van der Waals surface area (Å²) in [5.74, 6) is 0.361. The van der Waals surface area contributed by atoms with Crippen molar-refractivity contribution in [3.05, 3.63) is 47.8 Å². The molecule has 4 heteroatoms. The maximum Gasteiger partial charge on any atom is 0.120 e. The molecule has 1 atom stereocenters. The summed E-state index contributed by atoms with van der Waals surface area (Å²) in [6.45, 7) is 2.97. The van der Waals surface area contributed by atoms with E-state index in [0.29, 0.717) is 5.75 Å². The predicted molar refractivity (Wildman–Crippen MR) is 76.1 cm³/mol. The number of aryl methyl sites for hydroxylation is 1. The standard InChI is InChI=1S/C15H21N3O/c1-3-14(13-6-4-5-7-15(13)19)16-10-8-12-9-11-18(2)17-12/h4-7,9,11,14,16,19H,3,8,10H2,1-2H3. The minimum Gasteiger partial charge on any atom is -0.508 e.